The molecule has 0 atom stereocenters. The largest absolute Gasteiger partial charge is 0.336 e. The number of hydrogen-bond acceptors (Lipinski definition) is 3. The first-order chi connectivity index (χ1) is 4.92. The topological polar surface area (TPSA) is 43.3 Å². The average Bonchev–Trinajstić information content (AvgIpc) is 2.44. The summed E-state index contributed by atoms with van der Waals surface area (Å²) in [7, 11) is 0. The van der Waals surface area contributed by atoms with E-state index in [4.69, 9.17) is 4.52 Å². The molecule has 0 radical (unpaired) electrons. The highest BCUT2D eigenvalue weighted by atomic mass is 16.5. The SMILES string of the molecule is C=Nn1ccc2cnoc21. The van der Waals surface area contributed by atoms with Crippen LogP contribution in [0.2, 0.25) is 0 Å². The Hall–Kier alpha value is -1.58. The minimum Gasteiger partial charge on any atom is -0.336 e. The molecule has 0 aliphatic rings. The minimum atomic E-state index is 0.634. The van der Waals surface area contributed by atoms with Crippen molar-refractivity contribution in [3.05, 3.63) is 18.5 Å². The summed E-state index contributed by atoms with van der Waals surface area (Å²) in [6.45, 7) is 3.36. The van der Waals surface area contributed by atoms with Crippen LogP contribution in [0.1, 0.15) is 0 Å². The molecule has 0 aliphatic carbocycles. The fourth-order valence-electron chi connectivity index (χ4n) is 0.859. The van der Waals surface area contributed by atoms with Crippen LogP contribution in [0.3, 0.4) is 0 Å². The number of rotatable bonds is 1. The van der Waals surface area contributed by atoms with Crippen molar-refractivity contribution in [1.82, 2.24) is 9.83 Å². The summed E-state index contributed by atoms with van der Waals surface area (Å²) >= 11 is 0. The van der Waals surface area contributed by atoms with Gasteiger partial charge in [-0.25, -0.2) is 4.68 Å². The van der Waals surface area contributed by atoms with Crippen LogP contribution in [0, 0.1) is 0 Å². The smallest absolute Gasteiger partial charge is 0.258 e. The summed E-state index contributed by atoms with van der Waals surface area (Å²) in [4.78, 5) is 0. The van der Waals surface area contributed by atoms with E-state index in [1.54, 1.807) is 12.4 Å². The fraction of sp³-hybridized carbons (Fsp3) is 0. The van der Waals surface area contributed by atoms with Gasteiger partial charge in [-0.05, 0) is 6.07 Å². The molecule has 10 heavy (non-hydrogen) atoms. The Morgan fingerprint density at radius 1 is 1.70 bits per heavy atom. The second kappa shape index (κ2) is 1.70. The van der Waals surface area contributed by atoms with Crippen molar-refractivity contribution >= 4 is 17.8 Å². The molecule has 0 saturated carbocycles. The van der Waals surface area contributed by atoms with Gasteiger partial charge in [0.15, 0.2) is 0 Å². The maximum Gasteiger partial charge on any atom is 0.258 e. The molecule has 2 rings (SSSR count). The molecule has 4 nitrogen and oxygen atoms in total. The molecule has 2 aromatic rings. The summed E-state index contributed by atoms with van der Waals surface area (Å²) in [6, 6.07) is 1.86. The molecule has 0 spiro atoms. The second-order valence-electron chi connectivity index (χ2n) is 1.89. The van der Waals surface area contributed by atoms with Gasteiger partial charge in [0.05, 0.1) is 11.6 Å². The standard InChI is InChI=1S/C6H5N3O/c1-7-9-3-2-5-4-8-10-6(5)9/h2-4H,1H2. The number of aromatic nitrogens is 2. The predicted octanol–water partition coefficient (Wildman–Crippen LogP) is 1.09. The Kier molecular flexibility index (Phi) is 0.887. The van der Waals surface area contributed by atoms with Gasteiger partial charge in [0.2, 0.25) is 0 Å². The lowest BCUT2D eigenvalue weighted by Crippen LogP contribution is -1.79. The van der Waals surface area contributed by atoms with Crippen LogP contribution in [-0.4, -0.2) is 16.6 Å². The Balaban J connectivity index is 2.88. The zero-order chi connectivity index (χ0) is 6.97. The highest BCUT2D eigenvalue weighted by Crippen LogP contribution is 2.13. The van der Waals surface area contributed by atoms with Crippen LogP contribution in [0.5, 0.6) is 0 Å². The third kappa shape index (κ3) is 0.500. The van der Waals surface area contributed by atoms with Crippen LogP contribution in [0.15, 0.2) is 28.1 Å². The number of fused-ring (bicyclic) bond motifs is 1. The van der Waals surface area contributed by atoms with Crippen molar-refractivity contribution in [1.29, 1.82) is 0 Å². The van der Waals surface area contributed by atoms with E-state index >= 15 is 0 Å². The van der Waals surface area contributed by atoms with E-state index in [0.717, 1.165) is 5.39 Å². The van der Waals surface area contributed by atoms with Gasteiger partial charge in [-0.2, -0.15) is 5.10 Å². The molecule has 2 heterocycles. The van der Waals surface area contributed by atoms with Crippen LogP contribution in [0.25, 0.3) is 11.1 Å². The molecular formula is C6H5N3O. The van der Waals surface area contributed by atoms with Crippen molar-refractivity contribution < 1.29 is 4.52 Å². The lowest BCUT2D eigenvalue weighted by Gasteiger charge is -1.85. The van der Waals surface area contributed by atoms with Gasteiger partial charge in [0.1, 0.15) is 0 Å². The van der Waals surface area contributed by atoms with Gasteiger partial charge in [-0.15, -0.1) is 0 Å². The average molecular weight is 135 g/mol. The van der Waals surface area contributed by atoms with Crippen molar-refractivity contribution in [3.8, 4) is 0 Å². The van der Waals surface area contributed by atoms with Crippen molar-refractivity contribution in [3.63, 3.8) is 0 Å². The molecule has 0 aromatic carbocycles. The van der Waals surface area contributed by atoms with Crippen molar-refractivity contribution in [2.75, 3.05) is 0 Å². The minimum absolute atomic E-state index is 0.634. The molecule has 4 heteroatoms. The Morgan fingerprint density at radius 3 is 3.40 bits per heavy atom. The molecular weight excluding hydrogens is 130 g/mol. The first-order valence-electron chi connectivity index (χ1n) is 2.80. The van der Waals surface area contributed by atoms with Gasteiger partial charge in [-0.1, -0.05) is 5.16 Å². The lowest BCUT2D eigenvalue weighted by atomic mass is 10.5. The molecule has 0 aliphatic heterocycles. The van der Waals surface area contributed by atoms with Gasteiger partial charge >= 0.3 is 0 Å². The molecule has 0 N–H and O–H groups in total. The van der Waals surface area contributed by atoms with Gasteiger partial charge < -0.3 is 4.52 Å². The molecule has 0 saturated heterocycles. The first-order valence-corrected chi connectivity index (χ1v) is 2.80. The van der Waals surface area contributed by atoms with Crippen LogP contribution < -0.4 is 0 Å². The van der Waals surface area contributed by atoms with E-state index in [1.807, 2.05) is 6.07 Å². The van der Waals surface area contributed by atoms with Crippen LogP contribution >= 0.6 is 0 Å². The predicted molar refractivity (Wildman–Crippen MR) is 36.9 cm³/mol. The fourth-order valence-corrected chi connectivity index (χ4v) is 0.859. The summed E-state index contributed by atoms with van der Waals surface area (Å²) < 4.78 is 6.39. The van der Waals surface area contributed by atoms with Crippen molar-refractivity contribution in [2.24, 2.45) is 5.10 Å². The van der Waals surface area contributed by atoms with E-state index in [2.05, 4.69) is 17.0 Å². The van der Waals surface area contributed by atoms with E-state index < -0.39 is 0 Å². The second-order valence-corrected chi connectivity index (χ2v) is 1.89. The number of hydrogen-bond donors (Lipinski definition) is 0. The van der Waals surface area contributed by atoms with Gasteiger partial charge in [0, 0.05) is 12.9 Å². The Bertz CT molecular complexity index is 360. The van der Waals surface area contributed by atoms with Crippen LogP contribution in [0.4, 0.5) is 0 Å². The van der Waals surface area contributed by atoms with E-state index in [1.165, 1.54) is 4.68 Å². The highest BCUT2D eigenvalue weighted by Gasteiger charge is 2.01. The lowest BCUT2D eigenvalue weighted by molar-refractivity contribution is 0.438. The highest BCUT2D eigenvalue weighted by molar-refractivity contribution is 5.73. The molecule has 0 amide bonds. The molecule has 0 unspecified atom stereocenters. The quantitative estimate of drug-likeness (QED) is 0.549. The van der Waals surface area contributed by atoms with Crippen molar-refractivity contribution in [2.45, 2.75) is 0 Å². The molecule has 0 bridgehead atoms. The van der Waals surface area contributed by atoms with E-state index in [-0.39, 0.29) is 0 Å². The molecule has 50 valence electrons. The summed E-state index contributed by atoms with van der Waals surface area (Å²) in [5.74, 6) is 0. The first kappa shape index (κ1) is 5.22. The zero-order valence-electron chi connectivity index (χ0n) is 5.19. The zero-order valence-corrected chi connectivity index (χ0v) is 5.19. The van der Waals surface area contributed by atoms with E-state index in [0.29, 0.717) is 5.71 Å². The third-order valence-corrected chi connectivity index (χ3v) is 1.33. The molecule has 2 aromatic heterocycles. The Labute approximate surface area is 56.7 Å². The van der Waals surface area contributed by atoms with Gasteiger partial charge in [-0.3, -0.25) is 0 Å². The summed E-state index contributed by atoms with van der Waals surface area (Å²) in [5, 5.41) is 8.19. The third-order valence-electron chi connectivity index (χ3n) is 1.33. The summed E-state index contributed by atoms with van der Waals surface area (Å²) in [6.07, 6.45) is 3.40. The van der Waals surface area contributed by atoms with Crippen LogP contribution in [-0.2, 0) is 0 Å². The maximum absolute atomic E-state index is 4.86. The molecule has 0 fully saturated rings. The van der Waals surface area contributed by atoms with Gasteiger partial charge in [0.25, 0.3) is 5.71 Å². The summed E-state index contributed by atoms with van der Waals surface area (Å²) in [5.41, 5.74) is 0.634. The number of nitrogens with zero attached hydrogens (tertiary/aromatic N) is 3. The maximum atomic E-state index is 4.86. The normalized spacial score (nSPS) is 10.4. The van der Waals surface area contributed by atoms with E-state index in [9.17, 15) is 0 Å². The Morgan fingerprint density at radius 2 is 2.60 bits per heavy atom. The monoisotopic (exact) mass is 135 g/mol.